The van der Waals surface area contributed by atoms with Crippen LogP contribution in [0.15, 0.2) is 4.99 Å². The topological polar surface area (TPSA) is 54.9 Å². The Kier molecular flexibility index (Phi) is 9.48. The quantitative estimate of drug-likeness (QED) is 0.390. The highest BCUT2D eigenvalue weighted by molar-refractivity contribution is 5.79. The number of guanidine groups is 1. The fourth-order valence-electron chi connectivity index (χ4n) is 2.32. The van der Waals surface area contributed by atoms with Crippen molar-refractivity contribution in [3.8, 4) is 0 Å². The van der Waals surface area contributed by atoms with Crippen LogP contribution in [0, 0.1) is 5.41 Å². The van der Waals surface area contributed by atoms with Crippen molar-refractivity contribution in [2.24, 2.45) is 10.4 Å². The van der Waals surface area contributed by atoms with Crippen LogP contribution in [0.4, 0.5) is 0 Å². The van der Waals surface area contributed by atoms with Gasteiger partial charge in [-0.3, -0.25) is 4.99 Å². The summed E-state index contributed by atoms with van der Waals surface area (Å²) in [7, 11) is 0. The van der Waals surface area contributed by atoms with Gasteiger partial charge in [0.05, 0.1) is 12.7 Å². The second-order valence-corrected chi connectivity index (χ2v) is 7.06. The maximum absolute atomic E-state index is 5.75. The van der Waals surface area contributed by atoms with Crippen LogP contribution < -0.4 is 10.6 Å². The number of nitrogens with one attached hydrogen (secondary N) is 2. The minimum Gasteiger partial charge on any atom is -0.379 e. The van der Waals surface area contributed by atoms with Crippen LogP contribution in [0.5, 0.6) is 0 Å². The van der Waals surface area contributed by atoms with E-state index in [-0.39, 0.29) is 0 Å². The lowest BCUT2D eigenvalue weighted by atomic mass is 9.91. The van der Waals surface area contributed by atoms with Gasteiger partial charge >= 0.3 is 0 Å². The summed E-state index contributed by atoms with van der Waals surface area (Å²) in [4.78, 5) is 4.59. The van der Waals surface area contributed by atoms with E-state index in [1.807, 2.05) is 0 Å². The Labute approximate surface area is 136 Å². The average Bonchev–Trinajstić information content (AvgIpc) is 2.95. The van der Waals surface area contributed by atoms with Gasteiger partial charge in [-0.2, -0.15) is 0 Å². The van der Waals surface area contributed by atoms with E-state index in [2.05, 4.69) is 43.3 Å². The lowest BCUT2D eigenvalue weighted by molar-refractivity contribution is 0.0424. The van der Waals surface area contributed by atoms with Gasteiger partial charge in [-0.1, -0.05) is 20.8 Å². The highest BCUT2D eigenvalue weighted by Gasteiger charge is 2.15. The van der Waals surface area contributed by atoms with Crippen LogP contribution in [0.1, 0.15) is 53.4 Å². The van der Waals surface area contributed by atoms with Gasteiger partial charge in [-0.05, 0) is 38.0 Å². The number of hydrogen-bond acceptors (Lipinski definition) is 3. The van der Waals surface area contributed by atoms with Crippen molar-refractivity contribution in [2.45, 2.75) is 59.5 Å². The summed E-state index contributed by atoms with van der Waals surface area (Å²) in [5, 5.41) is 6.69. The predicted molar refractivity (Wildman–Crippen MR) is 92.5 cm³/mol. The van der Waals surface area contributed by atoms with E-state index in [1.165, 1.54) is 12.8 Å². The summed E-state index contributed by atoms with van der Waals surface area (Å²) in [5.41, 5.74) is 0.401. The third-order valence-corrected chi connectivity index (χ3v) is 3.55. The van der Waals surface area contributed by atoms with Crippen molar-refractivity contribution in [1.29, 1.82) is 0 Å². The monoisotopic (exact) mass is 313 g/mol. The van der Waals surface area contributed by atoms with Crippen LogP contribution in [0.25, 0.3) is 0 Å². The molecule has 1 unspecified atom stereocenters. The molecular formula is C17H35N3O2. The molecule has 0 radical (unpaired) electrons. The smallest absolute Gasteiger partial charge is 0.191 e. The van der Waals surface area contributed by atoms with Crippen LogP contribution in [-0.4, -0.2) is 51.5 Å². The molecule has 5 nitrogen and oxygen atoms in total. The summed E-state index contributed by atoms with van der Waals surface area (Å²) < 4.78 is 11.0. The molecule has 1 fully saturated rings. The number of nitrogens with zero attached hydrogens (tertiary/aromatic N) is 1. The van der Waals surface area contributed by atoms with Crippen molar-refractivity contribution < 1.29 is 9.47 Å². The number of ether oxygens (including phenoxy) is 2. The van der Waals surface area contributed by atoms with Gasteiger partial charge < -0.3 is 20.1 Å². The van der Waals surface area contributed by atoms with E-state index in [0.717, 1.165) is 58.3 Å². The highest BCUT2D eigenvalue weighted by atomic mass is 16.5. The lowest BCUT2D eigenvalue weighted by Gasteiger charge is -2.18. The summed E-state index contributed by atoms with van der Waals surface area (Å²) in [5.74, 6) is 0.917. The van der Waals surface area contributed by atoms with Crippen LogP contribution in [0.3, 0.4) is 0 Å². The first-order chi connectivity index (χ1) is 10.5. The van der Waals surface area contributed by atoms with Crippen LogP contribution in [-0.2, 0) is 9.47 Å². The molecule has 0 aromatic heterocycles. The minimum absolute atomic E-state index is 0.299. The molecule has 5 heteroatoms. The molecule has 0 aromatic carbocycles. The summed E-state index contributed by atoms with van der Waals surface area (Å²) >= 11 is 0. The second-order valence-electron chi connectivity index (χ2n) is 7.06. The Morgan fingerprint density at radius 3 is 2.73 bits per heavy atom. The molecule has 2 N–H and O–H groups in total. The predicted octanol–water partition coefficient (Wildman–Crippen LogP) is 2.56. The van der Waals surface area contributed by atoms with Crippen molar-refractivity contribution >= 4 is 5.96 Å². The first kappa shape index (κ1) is 19.2. The summed E-state index contributed by atoms with van der Waals surface area (Å²) in [6.45, 7) is 13.9. The van der Waals surface area contributed by atoms with Gasteiger partial charge in [0.25, 0.3) is 0 Å². The van der Waals surface area contributed by atoms with E-state index >= 15 is 0 Å². The molecule has 1 rings (SSSR count). The molecular weight excluding hydrogens is 278 g/mol. The van der Waals surface area contributed by atoms with Gasteiger partial charge in [0.2, 0.25) is 0 Å². The Morgan fingerprint density at radius 2 is 2.09 bits per heavy atom. The number of rotatable bonds is 9. The molecule has 0 aliphatic carbocycles. The van der Waals surface area contributed by atoms with Crippen molar-refractivity contribution in [3.05, 3.63) is 0 Å². The second kappa shape index (κ2) is 10.8. The Hall–Kier alpha value is -0.810. The van der Waals surface area contributed by atoms with Gasteiger partial charge in [-0.25, -0.2) is 0 Å². The molecule has 0 amide bonds. The molecule has 0 bridgehead atoms. The van der Waals surface area contributed by atoms with Gasteiger partial charge in [0.1, 0.15) is 0 Å². The first-order valence-corrected chi connectivity index (χ1v) is 8.73. The summed E-state index contributed by atoms with van der Waals surface area (Å²) in [6.07, 6.45) is 4.67. The zero-order valence-electron chi connectivity index (χ0n) is 14.9. The Bertz CT molecular complexity index is 308. The zero-order chi connectivity index (χ0) is 16.3. The minimum atomic E-state index is 0.299. The van der Waals surface area contributed by atoms with Gasteiger partial charge in [0, 0.05) is 32.8 Å². The third-order valence-electron chi connectivity index (χ3n) is 3.55. The zero-order valence-corrected chi connectivity index (χ0v) is 14.9. The normalized spacial score (nSPS) is 19.5. The van der Waals surface area contributed by atoms with Gasteiger partial charge in [0.15, 0.2) is 5.96 Å². The van der Waals surface area contributed by atoms with Crippen molar-refractivity contribution in [3.63, 3.8) is 0 Å². The van der Waals surface area contributed by atoms with Gasteiger partial charge in [-0.15, -0.1) is 0 Å². The summed E-state index contributed by atoms with van der Waals surface area (Å²) in [6, 6.07) is 0. The maximum Gasteiger partial charge on any atom is 0.191 e. The number of hydrogen-bond donors (Lipinski definition) is 2. The average molecular weight is 313 g/mol. The van der Waals surface area contributed by atoms with E-state index < -0.39 is 0 Å². The van der Waals surface area contributed by atoms with Crippen LogP contribution in [0.2, 0.25) is 0 Å². The fraction of sp³-hybridized carbons (Fsp3) is 0.941. The molecule has 1 heterocycles. The van der Waals surface area contributed by atoms with Crippen molar-refractivity contribution in [1.82, 2.24) is 10.6 Å². The van der Waals surface area contributed by atoms with E-state index in [9.17, 15) is 0 Å². The molecule has 1 aliphatic rings. The molecule has 0 spiro atoms. The molecule has 22 heavy (non-hydrogen) atoms. The Morgan fingerprint density at radius 1 is 1.27 bits per heavy atom. The van der Waals surface area contributed by atoms with Crippen molar-refractivity contribution in [2.75, 3.05) is 39.5 Å². The molecule has 1 atom stereocenters. The number of aliphatic imine (C=N–C) groups is 1. The Balaban J connectivity index is 2.11. The molecule has 0 aromatic rings. The molecule has 0 saturated carbocycles. The lowest BCUT2D eigenvalue weighted by Crippen LogP contribution is -2.38. The first-order valence-electron chi connectivity index (χ1n) is 8.73. The van der Waals surface area contributed by atoms with Crippen LogP contribution >= 0.6 is 0 Å². The maximum atomic E-state index is 5.75. The molecule has 130 valence electrons. The SMILES string of the molecule is CCNC(=NCCCOC1CCOC1)NCCCC(C)(C)C. The van der Waals surface area contributed by atoms with E-state index in [4.69, 9.17) is 9.47 Å². The van der Waals surface area contributed by atoms with E-state index in [1.54, 1.807) is 0 Å². The molecule has 1 saturated heterocycles. The highest BCUT2D eigenvalue weighted by Crippen LogP contribution is 2.19. The standard InChI is InChI=1S/C17H35N3O2/c1-5-18-16(19-10-6-9-17(2,3)4)20-11-7-12-22-15-8-13-21-14-15/h15H,5-14H2,1-4H3,(H2,18,19,20). The molecule has 1 aliphatic heterocycles. The fourth-order valence-corrected chi connectivity index (χ4v) is 2.32. The third kappa shape index (κ3) is 10.0. The van der Waals surface area contributed by atoms with E-state index in [0.29, 0.717) is 11.5 Å². The largest absolute Gasteiger partial charge is 0.379 e.